The van der Waals surface area contributed by atoms with E-state index in [1.807, 2.05) is 30.5 Å². The summed E-state index contributed by atoms with van der Waals surface area (Å²) < 4.78 is 28.9. The van der Waals surface area contributed by atoms with Gasteiger partial charge in [-0.2, -0.15) is 12.7 Å². The number of hydrogen-bond donors (Lipinski definition) is 3. The number of anilines is 2. The van der Waals surface area contributed by atoms with Crippen LogP contribution in [0.2, 0.25) is 0 Å². The predicted molar refractivity (Wildman–Crippen MR) is 116 cm³/mol. The highest BCUT2D eigenvalue weighted by molar-refractivity contribution is 7.90. The molecule has 0 atom stereocenters. The number of nitrogens with one attached hydrogen (secondary N) is 3. The van der Waals surface area contributed by atoms with Crippen molar-refractivity contribution in [1.29, 1.82) is 0 Å². The molecule has 2 aromatic heterocycles. The van der Waals surface area contributed by atoms with Gasteiger partial charge in [0, 0.05) is 36.3 Å². The monoisotopic (exact) mass is 425 g/mol. The molecule has 3 aromatic rings. The Bertz CT molecular complexity index is 1210. The maximum absolute atomic E-state index is 12.4. The van der Waals surface area contributed by atoms with Crippen LogP contribution in [0.1, 0.15) is 25.7 Å². The minimum absolute atomic E-state index is 0.00360. The Morgan fingerprint density at radius 2 is 1.87 bits per heavy atom. The molecule has 1 aromatic carbocycles. The highest BCUT2D eigenvalue weighted by atomic mass is 32.2. The fourth-order valence-corrected chi connectivity index (χ4v) is 4.67. The molecule has 1 amide bonds. The van der Waals surface area contributed by atoms with Crippen molar-refractivity contribution in [2.45, 2.75) is 31.7 Å². The fourth-order valence-electron chi connectivity index (χ4n) is 3.49. The summed E-state index contributed by atoms with van der Waals surface area (Å²) in [5.74, 6) is 0.604. The Balaban J connectivity index is 1.42. The van der Waals surface area contributed by atoms with E-state index in [0.29, 0.717) is 17.2 Å². The van der Waals surface area contributed by atoms with Crippen molar-refractivity contribution in [3.8, 4) is 11.1 Å². The van der Waals surface area contributed by atoms with Gasteiger partial charge in [0.2, 0.25) is 5.91 Å². The van der Waals surface area contributed by atoms with Crippen molar-refractivity contribution in [2.24, 2.45) is 5.92 Å². The Labute approximate surface area is 174 Å². The van der Waals surface area contributed by atoms with Gasteiger partial charge in [-0.05, 0) is 61.1 Å². The zero-order valence-corrected chi connectivity index (χ0v) is 17.4. The van der Waals surface area contributed by atoms with Crippen LogP contribution in [0.5, 0.6) is 0 Å². The molecule has 2 fully saturated rings. The van der Waals surface area contributed by atoms with Crippen molar-refractivity contribution in [3.63, 3.8) is 0 Å². The lowest BCUT2D eigenvalue weighted by molar-refractivity contribution is -0.117. The molecule has 156 valence electrons. The van der Waals surface area contributed by atoms with Gasteiger partial charge in [0.15, 0.2) is 0 Å². The number of amides is 1. The number of rotatable bonds is 7. The highest BCUT2D eigenvalue weighted by Gasteiger charge is 2.34. The number of nitrogens with zero attached hydrogens (tertiary/aromatic N) is 2. The van der Waals surface area contributed by atoms with Crippen molar-refractivity contribution in [2.75, 3.05) is 17.1 Å². The van der Waals surface area contributed by atoms with Crippen LogP contribution in [0.15, 0.2) is 42.6 Å². The van der Waals surface area contributed by atoms with E-state index >= 15 is 0 Å². The number of benzene rings is 1. The molecule has 0 aliphatic heterocycles. The van der Waals surface area contributed by atoms with Gasteiger partial charge in [-0.3, -0.25) is 9.52 Å². The molecule has 8 nitrogen and oxygen atoms in total. The Hall–Kier alpha value is -2.91. The van der Waals surface area contributed by atoms with Gasteiger partial charge >= 0.3 is 10.2 Å². The third kappa shape index (κ3) is 3.78. The zero-order chi connectivity index (χ0) is 20.9. The molecule has 0 bridgehead atoms. The van der Waals surface area contributed by atoms with E-state index in [1.54, 1.807) is 19.2 Å². The molecule has 2 heterocycles. The lowest BCUT2D eigenvalue weighted by Gasteiger charge is -2.17. The fraction of sp³-hybridized carbons (Fsp3) is 0.333. The van der Waals surface area contributed by atoms with Crippen molar-refractivity contribution in [1.82, 2.24) is 14.3 Å². The first-order chi connectivity index (χ1) is 14.4. The summed E-state index contributed by atoms with van der Waals surface area (Å²) in [5, 5.41) is 3.83. The standard InChI is InChI=1S/C21H23N5O3S/c1-26(16-8-9-16)30(28,29)25-15-6-4-13(5-7-15)18-12-19(24-21(27)14-2-3-14)23-20-17(18)10-11-22-20/h4-7,10-12,14,16,25H,2-3,8-9H2,1H3,(H2,22,23,24,27). The molecule has 5 rings (SSSR count). The van der Waals surface area contributed by atoms with Gasteiger partial charge in [0.05, 0.1) is 0 Å². The Kier molecular flexibility index (Phi) is 4.52. The number of H-pyrrole nitrogens is 1. The molecular formula is C21H23N5O3S. The van der Waals surface area contributed by atoms with Crippen molar-refractivity contribution >= 4 is 38.7 Å². The molecule has 0 spiro atoms. The number of aromatic nitrogens is 2. The van der Waals surface area contributed by atoms with Crippen LogP contribution < -0.4 is 10.0 Å². The molecule has 0 unspecified atom stereocenters. The number of hydrogen-bond acceptors (Lipinski definition) is 4. The van der Waals surface area contributed by atoms with E-state index in [9.17, 15) is 13.2 Å². The maximum Gasteiger partial charge on any atom is 0.301 e. The van der Waals surface area contributed by atoms with Crippen LogP contribution in [-0.2, 0) is 15.0 Å². The minimum atomic E-state index is -3.55. The third-order valence-corrected chi connectivity index (χ3v) is 7.16. The average Bonchev–Trinajstić information content (AvgIpc) is 3.64. The number of aromatic amines is 1. The topological polar surface area (TPSA) is 107 Å². The smallest absolute Gasteiger partial charge is 0.301 e. The predicted octanol–water partition coefficient (Wildman–Crippen LogP) is 3.33. The Morgan fingerprint density at radius 3 is 2.53 bits per heavy atom. The van der Waals surface area contributed by atoms with E-state index in [4.69, 9.17) is 0 Å². The summed E-state index contributed by atoms with van der Waals surface area (Å²) in [6.07, 6.45) is 5.48. The maximum atomic E-state index is 12.4. The van der Waals surface area contributed by atoms with Gasteiger partial charge in [0.25, 0.3) is 0 Å². The summed E-state index contributed by atoms with van der Waals surface area (Å²) >= 11 is 0. The zero-order valence-electron chi connectivity index (χ0n) is 16.6. The van der Waals surface area contributed by atoms with E-state index in [2.05, 4.69) is 20.0 Å². The molecule has 2 aliphatic rings. The first kappa shape index (κ1) is 19.1. The molecule has 30 heavy (non-hydrogen) atoms. The van der Waals surface area contributed by atoms with Crippen molar-refractivity contribution < 1.29 is 13.2 Å². The number of pyridine rings is 1. The summed E-state index contributed by atoms with van der Waals surface area (Å²) in [6.45, 7) is 0. The molecular weight excluding hydrogens is 402 g/mol. The Morgan fingerprint density at radius 1 is 1.13 bits per heavy atom. The SMILES string of the molecule is CN(C1CC1)S(=O)(=O)Nc1ccc(-c2cc(NC(=O)C3CC3)nc3[nH]ccc23)cc1. The molecule has 2 aliphatic carbocycles. The lowest BCUT2D eigenvalue weighted by atomic mass is 10.0. The van der Waals surface area contributed by atoms with E-state index in [0.717, 1.165) is 42.2 Å². The van der Waals surface area contributed by atoms with Crippen LogP contribution in [0, 0.1) is 5.92 Å². The van der Waals surface area contributed by atoms with Crippen LogP contribution in [0.4, 0.5) is 11.5 Å². The van der Waals surface area contributed by atoms with Gasteiger partial charge in [-0.25, -0.2) is 4.98 Å². The van der Waals surface area contributed by atoms with E-state index in [1.165, 1.54) is 4.31 Å². The minimum Gasteiger partial charge on any atom is -0.346 e. The number of carbonyl (C=O) groups is 1. The molecule has 2 saturated carbocycles. The van der Waals surface area contributed by atoms with Gasteiger partial charge < -0.3 is 10.3 Å². The first-order valence-corrected chi connectivity index (χ1v) is 11.5. The van der Waals surface area contributed by atoms with Crippen molar-refractivity contribution in [3.05, 3.63) is 42.6 Å². The molecule has 0 saturated heterocycles. The summed E-state index contributed by atoms with van der Waals surface area (Å²) in [7, 11) is -1.95. The van der Waals surface area contributed by atoms with Crippen LogP contribution in [-0.4, -0.2) is 41.7 Å². The first-order valence-electron chi connectivity index (χ1n) is 10.1. The number of carbonyl (C=O) groups excluding carboxylic acids is 1. The molecule has 0 radical (unpaired) electrons. The molecule has 9 heteroatoms. The lowest BCUT2D eigenvalue weighted by Crippen LogP contribution is -2.34. The van der Waals surface area contributed by atoms with Gasteiger partial charge in [-0.1, -0.05) is 12.1 Å². The highest BCUT2D eigenvalue weighted by Crippen LogP contribution is 2.33. The average molecular weight is 426 g/mol. The second kappa shape index (κ2) is 7.10. The second-order valence-electron chi connectivity index (χ2n) is 7.99. The van der Waals surface area contributed by atoms with Crippen LogP contribution in [0.3, 0.4) is 0 Å². The van der Waals surface area contributed by atoms with E-state index < -0.39 is 10.2 Å². The summed E-state index contributed by atoms with van der Waals surface area (Å²) in [5.41, 5.74) is 3.02. The summed E-state index contributed by atoms with van der Waals surface area (Å²) in [6, 6.07) is 11.1. The quantitative estimate of drug-likeness (QED) is 0.540. The normalized spacial score (nSPS) is 16.7. The largest absolute Gasteiger partial charge is 0.346 e. The second-order valence-corrected chi connectivity index (χ2v) is 9.72. The number of fused-ring (bicyclic) bond motifs is 1. The third-order valence-electron chi connectivity index (χ3n) is 5.61. The molecule has 3 N–H and O–H groups in total. The van der Waals surface area contributed by atoms with Crippen LogP contribution in [0.25, 0.3) is 22.2 Å². The van der Waals surface area contributed by atoms with Gasteiger partial charge in [-0.15, -0.1) is 0 Å². The summed E-state index contributed by atoms with van der Waals surface area (Å²) in [4.78, 5) is 19.7. The van der Waals surface area contributed by atoms with E-state index in [-0.39, 0.29) is 17.9 Å². The van der Waals surface area contributed by atoms with Gasteiger partial charge in [0.1, 0.15) is 11.5 Å². The van der Waals surface area contributed by atoms with Crippen LogP contribution >= 0.6 is 0 Å².